The zero-order valence-electron chi connectivity index (χ0n) is 14.8. The van der Waals surface area contributed by atoms with Gasteiger partial charge in [-0.3, -0.25) is 4.79 Å². The average Bonchev–Trinajstić information content (AvgIpc) is 2.67. The Morgan fingerprint density at radius 1 is 1.00 bits per heavy atom. The number of methoxy groups -OCH3 is 1. The van der Waals surface area contributed by atoms with E-state index in [4.69, 9.17) is 4.74 Å². The molecule has 1 fully saturated rings. The highest BCUT2D eigenvalue weighted by Gasteiger charge is 2.20. The predicted molar refractivity (Wildman–Crippen MR) is 102 cm³/mol. The summed E-state index contributed by atoms with van der Waals surface area (Å²) in [5.74, 6) is 0.825. The second kappa shape index (κ2) is 7.88. The molecule has 130 valence electrons. The normalized spacial score (nSPS) is 14.8. The molecular weight excluding hydrogens is 312 g/mol. The molecule has 0 N–H and O–H groups in total. The van der Waals surface area contributed by atoms with Crippen LogP contribution in [0.1, 0.15) is 11.1 Å². The van der Waals surface area contributed by atoms with Crippen LogP contribution in [0, 0.1) is 6.92 Å². The summed E-state index contributed by atoms with van der Waals surface area (Å²) < 4.78 is 5.31. The Labute approximate surface area is 149 Å². The summed E-state index contributed by atoms with van der Waals surface area (Å²) in [4.78, 5) is 16.7. The zero-order valence-corrected chi connectivity index (χ0v) is 14.8. The van der Waals surface area contributed by atoms with E-state index >= 15 is 0 Å². The standard InChI is InChI=1S/C21H24N2O2/c1-17-7-3-5-9-19(17)22-13-15-23(16-14-22)21(24)12-11-18-8-4-6-10-20(18)25-2/h3-12H,13-16H2,1-2H3/b12-11+. The number of anilines is 1. The first kappa shape index (κ1) is 17.1. The molecule has 0 spiro atoms. The van der Waals surface area contributed by atoms with Crippen molar-refractivity contribution in [1.82, 2.24) is 4.90 Å². The first-order valence-electron chi connectivity index (χ1n) is 8.59. The number of carbonyl (C=O) groups excluding carboxylic acids is 1. The van der Waals surface area contributed by atoms with E-state index in [9.17, 15) is 4.79 Å². The van der Waals surface area contributed by atoms with Gasteiger partial charge in [0.25, 0.3) is 0 Å². The maximum absolute atomic E-state index is 12.5. The summed E-state index contributed by atoms with van der Waals surface area (Å²) in [6, 6.07) is 16.1. The number of amides is 1. The molecule has 3 rings (SSSR count). The van der Waals surface area contributed by atoms with Gasteiger partial charge in [-0.1, -0.05) is 36.4 Å². The number of hydrogen-bond acceptors (Lipinski definition) is 3. The first-order valence-corrected chi connectivity index (χ1v) is 8.59. The molecule has 1 heterocycles. The molecule has 1 saturated heterocycles. The highest BCUT2D eigenvalue weighted by Crippen LogP contribution is 2.21. The minimum atomic E-state index is 0.0512. The molecule has 0 saturated carbocycles. The Kier molecular flexibility index (Phi) is 5.39. The number of piperazine rings is 1. The lowest BCUT2D eigenvalue weighted by Crippen LogP contribution is -2.48. The van der Waals surface area contributed by atoms with Gasteiger partial charge in [-0.15, -0.1) is 0 Å². The molecule has 0 atom stereocenters. The molecule has 4 heteroatoms. The largest absolute Gasteiger partial charge is 0.496 e. The Hall–Kier alpha value is -2.75. The van der Waals surface area contributed by atoms with Crippen LogP contribution in [0.4, 0.5) is 5.69 Å². The van der Waals surface area contributed by atoms with Gasteiger partial charge in [0.15, 0.2) is 0 Å². The molecule has 0 aliphatic carbocycles. The fraction of sp³-hybridized carbons (Fsp3) is 0.286. The summed E-state index contributed by atoms with van der Waals surface area (Å²) in [6.07, 6.45) is 3.47. The molecule has 4 nitrogen and oxygen atoms in total. The van der Waals surface area contributed by atoms with Crippen molar-refractivity contribution in [2.24, 2.45) is 0 Å². The van der Waals surface area contributed by atoms with Gasteiger partial charge in [-0.2, -0.15) is 0 Å². The van der Waals surface area contributed by atoms with Crippen molar-refractivity contribution < 1.29 is 9.53 Å². The third kappa shape index (κ3) is 4.02. The minimum Gasteiger partial charge on any atom is -0.496 e. The summed E-state index contributed by atoms with van der Waals surface area (Å²) in [5, 5.41) is 0. The van der Waals surface area contributed by atoms with E-state index in [1.807, 2.05) is 35.2 Å². The van der Waals surface area contributed by atoms with Gasteiger partial charge >= 0.3 is 0 Å². The number of carbonyl (C=O) groups is 1. The van der Waals surface area contributed by atoms with Gasteiger partial charge in [0, 0.05) is 43.5 Å². The third-order valence-corrected chi connectivity index (χ3v) is 4.59. The molecule has 0 radical (unpaired) electrons. The smallest absolute Gasteiger partial charge is 0.246 e. The third-order valence-electron chi connectivity index (χ3n) is 4.59. The number of aryl methyl sites for hydroxylation is 1. The first-order chi connectivity index (χ1) is 12.2. The van der Waals surface area contributed by atoms with Crippen LogP contribution in [-0.4, -0.2) is 44.1 Å². The maximum atomic E-state index is 12.5. The molecule has 2 aromatic rings. The van der Waals surface area contributed by atoms with E-state index in [0.717, 1.165) is 37.5 Å². The van der Waals surface area contributed by atoms with Gasteiger partial charge in [0.1, 0.15) is 5.75 Å². The van der Waals surface area contributed by atoms with E-state index in [1.54, 1.807) is 13.2 Å². The van der Waals surface area contributed by atoms with Crippen molar-refractivity contribution in [3.05, 3.63) is 65.7 Å². The van der Waals surface area contributed by atoms with E-state index in [-0.39, 0.29) is 5.91 Å². The van der Waals surface area contributed by atoms with Crippen molar-refractivity contribution in [2.75, 3.05) is 38.2 Å². The van der Waals surface area contributed by atoms with Crippen LogP contribution < -0.4 is 9.64 Å². The number of hydrogen-bond donors (Lipinski definition) is 0. The molecule has 1 aliphatic rings. The van der Waals surface area contributed by atoms with Gasteiger partial charge in [0.05, 0.1) is 7.11 Å². The van der Waals surface area contributed by atoms with Gasteiger partial charge in [0.2, 0.25) is 5.91 Å². The lowest BCUT2D eigenvalue weighted by atomic mass is 10.1. The Bertz CT molecular complexity index is 762. The van der Waals surface area contributed by atoms with Crippen LogP contribution >= 0.6 is 0 Å². The number of rotatable bonds is 4. The van der Waals surface area contributed by atoms with E-state index in [0.29, 0.717) is 0 Å². The number of para-hydroxylation sites is 2. The SMILES string of the molecule is COc1ccccc1/C=C/C(=O)N1CCN(c2ccccc2C)CC1. The van der Waals surface area contributed by atoms with Gasteiger partial charge in [-0.05, 0) is 30.7 Å². The maximum Gasteiger partial charge on any atom is 0.246 e. The molecule has 1 amide bonds. The monoisotopic (exact) mass is 336 g/mol. The van der Waals surface area contributed by atoms with E-state index < -0.39 is 0 Å². The van der Waals surface area contributed by atoms with Crippen molar-refractivity contribution in [2.45, 2.75) is 6.92 Å². The Balaban J connectivity index is 1.60. The van der Waals surface area contributed by atoms with Crippen molar-refractivity contribution in [3.63, 3.8) is 0 Å². The summed E-state index contributed by atoms with van der Waals surface area (Å²) in [5.41, 5.74) is 3.45. The minimum absolute atomic E-state index is 0.0512. The summed E-state index contributed by atoms with van der Waals surface area (Å²) >= 11 is 0. The Morgan fingerprint density at radius 3 is 2.40 bits per heavy atom. The zero-order chi connectivity index (χ0) is 17.6. The second-order valence-electron chi connectivity index (χ2n) is 6.17. The number of ether oxygens (including phenoxy) is 1. The lowest BCUT2D eigenvalue weighted by Gasteiger charge is -2.36. The number of benzene rings is 2. The highest BCUT2D eigenvalue weighted by molar-refractivity contribution is 5.92. The fourth-order valence-electron chi connectivity index (χ4n) is 3.16. The van der Waals surface area contributed by atoms with Crippen LogP contribution in [0.3, 0.4) is 0 Å². The molecule has 0 bridgehead atoms. The lowest BCUT2D eigenvalue weighted by molar-refractivity contribution is -0.126. The molecule has 2 aromatic carbocycles. The number of nitrogens with zero attached hydrogens (tertiary/aromatic N) is 2. The van der Waals surface area contributed by atoms with Crippen LogP contribution in [0.2, 0.25) is 0 Å². The predicted octanol–water partition coefficient (Wildman–Crippen LogP) is 3.37. The summed E-state index contributed by atoms with van der Waals surface area (Å²) in [6.45, 7) is 5.33. The van der Waals surface area contributed by atoms with Crippen LogP contribution in [0.5, 0.6) is 5.75 Å². The molecule has 25 heavy (non-hydrogen) atoms. The average molecular weight is 336 g/mol. The van der Waals surface area contributed by atoms with Crippen LogP contribution in [0.15, 0.2) is 54.6 Å². The van der Waals surface area contributed by atoms with Crippen LogP contribution in [-0.2, 0) is 4.79 Å². The van der Waals surface area contributed by atoms with Gasteiger partial charge in [-0.25, -0.2) is 0 Å². The highest BCUT2D eigenvalue weighted by atomic mass is 16.5. The fourth-order valence-corrected chi connectivity index (χ4v) is 3.16. The van der Waals surface area contributed by atoms with E-state index in [2.05, 4.69) is 36.1 Å². The molecular formula is C21H24N2O2. The van der Waals surface area contributed by atoms with Crippen molar-refractivity contribution in [1.29, 1.82) is 0 Å². The molecule has 0 unspecified atom stereocenters. The Morgan fingerprint density at radius 2 is 1.68 bits per heavy atom. The second-order valence-corrected chi connectivity index (χ2v) is 6.17. The van der Waals surface area contributed by atoms with E-state index in [1.165, 1.54) is 11.3 Å². The van der Waals surface area contributed by atoms with Crippen LogP contribution in [0.25, 0.3) is 6.08 Å². The molecule has 0 aromatic heterocycles. The van der Waals surface area contributed by atoms with Crippen molar-refractivity contribution >= 4 is 17.7 Å². The van der Waals surface area contributed by atoms with Crippen molar-refractivity contribution in [3.8, 4) is 5.75 Å². The topological polar surface area (TPSA) is 32.8 Å². The van der Waals surface area contributed by atoms with Gasteiger partial charge < -0.3 is 14.5 Å². The quantitative estimate of drug-likeness (QED) is 0.803. The summed E-state index contributed by atoms with van der Waals surface area (Å²) in [7, 11) is 1.64. The molecule has 1 aliphatic heterocycles.